The van der Waals surface area contributed by atoms with E-state index in [9.17, 15) is 9.59 Å². The van der Waals surface area contributed by atoms with Gasteiger partial charge in [-0.3, -0.25) is 14.7 Å². The van der Waals surface area contributed by atoms with Crippen LogP contribution < -0.4 is 10.9 Å². The molecule has 0 aliphatic rings. The van der Waals surface area contributed by atoms with Crippen LogP contribution in [0, 0.1) is 0 Å². The zero-order chi connectivity index (χ0) is 16.8. The lowest BCUT2D eigenvalue weighted by atomic mass is 10.1. The Balaban J connectivity index is 1.58. The number of para-hydroxylation sites is 1. The summed E-state index contributed by atoms with van der Waals surface area (Å²) in [7, 11) is 0. The SMILES string of the molecule is O=C(NCCCc1ccccc1)c1c[nH]n(-c2ccccc2)c1=O. The molecule has 1 aromatic heterocycles. The maximum absolute atomic E-state index is 12.3. The maximum atomic E-state index is 12.3. The third kappa shape index (κ3) is 3.63. The van der Waals surface area contributed by atoms with Gasteiger partial charge in [0, 0.05) is 12.7 Å². The van der Waals surface area contributed by atoms with Gasteiger partial charge in [-0.05, 0) is 30.5 Å². The van der Waals surface area contributed by atoms with E-state index in [0.717, 1.165) is 12.8 Å². The number of nitrogens with one attached hydrogen (secondary N) is 2. The van der Waals surface area contributed by atoms with Crippen molar-refractivity contribution in [1.82, 2.24) is 15.1 Å². The smallest absolute Gasteiger partial charge is 0.284 e. The number of H-pyrrole nitrogens is 1. The number of aryl methyl sites for hydroxylation is 1. The number of hydrogen-bond acceptors (Lipinski definition) is 2. The van der Waals surface area contributed by atoms with E-state index in [0.29, 0.717) is 12.2 Å². The molecule has 3 rings (SSSR count). The normalized spacial score (nSPS) is 10.5. The summed E-state index contributed by atoms with van der Waals surface area (Å²) in [6.07, 6.45) is 3.16. The number of benzene rings is 2. The highest BCUT2D eigenvalue weighted by Crippen LogP contribution is 2.04. The molecule has 2 aromatic carbocycles. The van der Waals surface area contributed by atoms with Crippen LogP contribution in [0.4, 0.5) is 0 Å². The molecule has 0 saturated heterocycles. The van der Waals surface area contributed by atoms with E-state index in [4.69, 9.17) is 0 Å². The average Bonchev–Trinajstić information content (AvgIpc) is 3.02. The summed E-state index contributed by atoms with van der Waals surface area (Å²) in [5, 5.41) is 5.63. The van der Waals surface area contributed by atoms with E-state index in [1.54, 1.807) is 12.1 Å². The monoisotopic (exact) mass is 321 g/mol. The molecule has 0 atom stereocenters. The summed E-state index contributed by atoms with van der Waals surface area (Å²) in [6.45, 7) is 0.531. The lowest BCUT2D eigenvalue weighted by molar-refractivity contribution is 0.0952. The number of carbonyl (C=O) groups excluding carboxylic acids is 1. The second kappa shape index (κ2) is 7.46. The molecular weight excluding hydrogens is 302 g/mol. The summed E-state index contributed by atoms with van der Waals surface area (Å²) in [5.41, 5.74) is 1.71. The van der Waals surface area contributed by atoms with E-state index in [2.05, 4.69) is 22.5 Å². The van der Waals surface area contributed by atoms with Crippen LogP contribution in [0.2, 0.25) is 0 Å². The molecule has 5 nitrogen and oxygen atoms in total. The Morgan fingerprint density at radius 3 is 2.38 bits per heavy atom. The number of nitrogens with zero attached hydrogens (tertiary/aromatic N) is 1. The van der Waals surface area contributed by atoms with Crippen LogP contribution in [0.5, 0.6) is 0 Å². The topological polar surface area (TPSA) is 66.9 Å². The number of carbonyl (C=O) groups is 1. The molecule has 0 aliphatic heterocycles. The maximum Gasteiger partial charge on any atom is 0.284 e. The van der Waals surface area contributed by atoms with Gasteiger partial charge in [0.25, 0.3) is 11.5 Å². The van der Waals surface area contributed by atoms with Gasteiger partial charge in [-0.15, -0.1) is 0 Å². The van der Waals surface area contributed by atoms with E-state index in [1.165, 1.54) is 16.4 Å². The van der Waals surface area contributed by atoms with Gasteiger partial charge in [-0.2, -0.15) is 0 Å². The molecule has 3 aromatic rings. The molecule has 1 heterocycles. The van der Waals surface area contributed by atoms with Crippen molar-refractivity contribution in [2.45, 2.75) is 12.8 Å². The first-order valence-electron chi connectivity index (χ1n) is 7.93. The van der Waals surface area contributed by atoms with Crippen molar-refractivity contribution in [3.8, 4) is 5.69 Å². The van der Waals surface area contributed by atoms with Crippen LogP contribution in [0.3, 0.4) is 0 Å². The Morgan fingerprint density at radius 1 is 1.00 bits per heavy atom. The van der Waals surface area contributed by atoms with Crippen molar-refractivity contribution in [1.29, 1.82) is 0 Å². The van der Waals surface area contributed by atoms with Gasteiger partial charge in [0.1, 0.15) is 5.56 Å². The fourth-order valence-corrected chi connectivity index (χ4v) is 2.54. The Labute approximate surface area is 139 Å². The van der Waals surface area contributed by atoms with Crippen LogP contribution in [0.1, 0.15) is 22.3 Å². The molecule has 0 bridgehead atoms. The molecular formula is C19H19N3O2. The van der Waals surface area contributed by atoms with Crippen molar-refractivity contribution >= 4 is 5.91 Å². The first-order valence-corrected chi connectivity index (χ1v) is 7.93. The molecule has 0 unspecified atom stereocenters. The Bertz CT molecular complexity index is 851. The summed E-state index contributed by atoms with van der Waals surface area (Å²) in [6, 6.07) is 19.3. The van der Waals surface area contributed by atoms with Crippen LogP contribution in [-0.2, 0) is 6.42 Å². The van der Waals surface area contributed by atoms with Gasteiger partial charge in [0.2, 0.25) is 0 Å². The molecule has 0 spiro atoms. The number of hydrogen-bond donors (Lipinski definition) is 2. The molecule has 0 radical (unpaired) electrons. The predicted molar refractivity (Wildman–Crippen MR) is 93.5 cm³/mol. The lowest BCUT2D eigenvalue weighted by Crippen LogP contribution is -2.30. The minimum atomic E-state index is -0.348. The molecule has 0 saturated carbocycles. The lowest BCUT2D eigenvalue weighted by Gasteiger charge is -2.03. The van der Waals surface area contributed by atoms with Gasteiger partial charge in [-0.1, -0.05) is 48.5 Å². The Hall–Kier alpha value is -3.08. The summed E-state index contributed by atoms with van der Waals surface area (Å²) < 4.78 is 1.36. The quantitative estimate of drug-likeness (QED) is 0.685. The summed E-state index contributed by atoms with van der Waals surface area (Å²) in [5.74, 6) is -0.348. The van der Waals surface area contributed by atoms with E-state index >= 15 is 0 Å². The van der Waals surface area contributed by atoms with Gasteiger partial charge in [0.15, 0.2) is 0 Å². The van der Waals surface area contributed by atoms with Crippen LogP contribution in [-0.4, -0.2) is 22.2 Å². The predicted octanol–water partition coefficient (Wildman–Crippen LogP) is 2.53. The van der Waals surface area contributed by atoms with Crippen molar-refractivity contribution in [3.63, 3.8) is 0 Å². The van der Waals surface area contributed by atoms with Crippen molar-refractivity contribution in [2.75, 3.05) is 6.54 Å². The van der Waals surface area contributed by atoms with E-state index < -0.39 is 0 Å². The Kier molecular flexibility index (Phi) is 4.91. The molecule has 2 N–H and O–H groups in total. The molecule has 5 heteroatoms. The molecule has 1 amide bonds. The number of amides is 1. The number of aromatic nitrogens is 2. The van der Waals surface area contributed by atoms with E-state index in [1.807, 2.05) is 36.4 Å². The van der Waals surface area contributed by atoms with Crippen LogP contribution >= 0.6 is 0 Å². The highest BCUT2D eigenvalue weighted by Gasteiger charge is 2.14. The fraction of sp³-hybridized carbons (Fsp3) is 0.158. The molecule has 122 valence electrons. The van der Waals surface area contributed by atoms with E-state index in [-0.39, 0.29) is 17.0 Å². The van der Waals surface area contributed by atoms with Gasteiger partial charge in [0.05, 0.1) is 5.69 Å². The third-order valence-electron chi connectivity index (χ3n) is 3.80. The van der Waals surface area contributed by atoms with Crippen molar-refractivity contribution in [3.05, 3.63) is 88.3 Å². The largest absolute Gasteiger partial charge is 0.352 e. The number of rotatable bonds is 6. The molecule has 0 aliphatic carbocycles. The fourth-order valence-electron chi connectivity index (χ4n) is 2.54. The zero-order valence-corrected chi connectivity index (χ0v) is 13.2. The first kappa shape index (κ1) is 15.8. The third-order valence-corrected chi connectivity index (χ3v) is 3.80. The summed E-state index contributed by atoms with van der Waals surface area (Å²) in [4.78, 5) is 24.5. The molecule has 0 fully saturated rings. The standard InChI is InChI=1S/C19H19N3O2/c23-18(20-13-7-10-15-8-3-1-4-9-15)17-14-21-22(19(17)24)16-11-5-2-6-12-16/h1-6,8-9,11-12,14,21H,7,10,13H2,(H,20,23). The summed E-state index contributed by atoms with van der Waals surface area (Å²) >= 11 is 0. The minimum absolute atomic E-state index is 0.124. The van der Waals surface area contributed by atoms with Crippen molar-refractivity contribution in [2.24, 2.45) is 0 Å². The second-order valence-electron chi connectivity index (χ2n) is 5.51. The molecule has 24 heavy (non-hydrogen) atoms. The highest BCUT2D eigenvalue weighted by molar-refractivity contribution is 5.93. The Morgan fingerprint density at radius 2 is 1.67 bits per heavy atom. The van der Waals surface area contributed by atoms with Crippen LogP contribution in [0.15, 0.2) is 71.7 Å². The minimum Gasteiger partial charge on any atom is -0.352 e. The highest BCUT2D eigenvalue weighted by atomic mass is 16.2. The zero-order valence-electron chi connectivity index (χ0n) is 13.2. The van der Waals surface area contributed by atoms with Crippen LogP contribution in [0.25, 0.3) is 5.69 Å². The second-order valence-corrected chi connectivity index (χ2v) is 5.51. The van der Waals surface area contributed by atoms with Gasteiger partial charge < -0.3 is 5.32 Å². The number of aromatic amines is 1. The van der Waals surface area contributed by atoms with Gasteiger partial charge >= 0.3 is 0 Å². The average molecular weight is 321 g/mol. The first-order chi connectivity index (χ1) is 11.8. The van der Waals surface area contributed by atoms with Gasteiger partial charge in [-0.25, -0.2) is 4.68 Å². The van der Waals surface area contributed by atoms with Crippen molar-refractivity contribution < 1.29 is 4.79 Å².